The third kappa shape index (κ3) is 7.30. The Morgan fingerprint density at radius 3 is 2.39 bits per heavy atom. The van der Waals surface area contributed by atoms with Crippen LogP contribution in [0.4, 0.5) is 0 Å². The fourth-order valence-corrected chi connectivity index (χ4v) is 1.55. The predicted molar refractivity (Wildman–Crippen MR) is 78.3 cm³/mol. The van der Waals surface area contributed by atoms with Crippen molar-refractivity contribution in [3.05, 3.63) is 35.4 Å². The molecule has 0 fully saturated rings. The summed E-state index contributed by atoms with van der Waals surface area (Å²) in [4.78, 5) is 11.6. The van der Waals surface area contributed by atoms with Crippen LogP contribution in [0.15, 0.2) is 24.3 Å². The SMILES string of the molecule is CCCNCCNC(=O)Cc1ccc(C)cc1.Cl. The molecule has 0 unspecified atom stereocenters. The van der Waals surface area contributed by atoms with Gasteiger partial charge < -0.3 is 10.6 Å². The number of halogens is 1. The van der Waals surface area contributed by atoms with Crippen LogP contribution in [-0.2, 0) is 11.2 Å². The summed E-state index contributed by atoms with van der Waals surface area (Å²) in [5, 5.41) is 6.15. The molecule has 1 rings (SSSR count). The number of hydrogen-bond donors (Lipinski definition) is 2. The van der Waals surface area contributed by atoms with Crippen molar-refractivity contribution in [3.8, 4) is 0 Å². The number of nitrogens with one attached hydrogen (secondary N) is 2. The van der Waals surface area contributed by atoms with Crippen molar-refractivity contribution >= 4 is 18.3 Å². The third-order valence-corrected chi connectivity index (χ3v) is 2.54. The lowest BCUT2D eigenvalue weighted by molar-refractivity contribution is -0.120. The van der Waals surface area contributed by atoms with Crippen LogP contribution in [0.25, 0.3) is 0 Å². The summed E-state index contributed by atoms with van der Waals surface area (Å²) >= 11 is 0. The standard InChI is InChI=1S/C14H22N2O.ClH/c1-3-8-15-9-10-16-14(17)11-13-6-4-12(2)5-7-13;/h4-7,15H,3,8-11H2,1-2H3,(H,16,17);1H. The highest BCUT2D eigenvalue weighted by Crippen LogP contribution is 2.03. The Kier molecular flexibility index (Phi) is 9.33. The van der Waals surface area contributed by atoms with E-state index in [-0.39, 0.29) is 18.3 Å². The van der Waals surface area contributed by atoms with Gasteiger partial charge in [-0.1, -0.05) is 36.8 Å². The first-order chi connectivity index (χ1) is 8.22. The molecule has 18 heavy (non-hydrogen) atoms. The zero-order valence-corrected chi connectivity index (χ0v) is 12.0. The maximum atomic E-state index is 11.6. The highest BCUT2D eigenvalue weighted by molar-refractivity contribution is 5.85. The first-order valence-electron chi connectivity index (χ1n) is 6.25. The van der Waals surface area contributed by atoms with Gasteiger partial charge in [0.15, 0.2) is 0 Å². The molecule has 1 aromatic rings. The van der Waals surface area contributed by atoms with Crippen molar-refractivity contribution in [2.45, 2.75) is 26.7 Å². The molecule has 0 heterocycles. The fourth-order valence-electron chi connectivity index (χ4n) is 1.55. The van der Waals surface area contributed by atoms with E-state index in [2.05, 4.69) is 17.6 Å². The van der Waals surface area contributed by atoms with E-state index in [0.29, 0.717) is 13.0 Å². The van der Waals surface area contributed by atoms with E-state index in [9.17, 15) is 4.79 Å². The van der Waals surface area contributed by atoms with Gasteiger partial charge >= 0.3 is 0 Å². The lowest BCUT2D eigenvalue weighted by atomic mass is 10.1. The number of carbonyl (C=O) groups is 1. The average molecular weight is 271 g/mol. The molecule has 1 aromatic carbocycles. The van der Waals surface area contributed by atoms with Gasteiger partial charge in [-0.3, -0.25) is 4.79 Å². The molecule has 0 radical (unpaired) electrons. The smallest absolute Gasteiger partial charge is 0.224 e. The first kappa shape index (κ1) is 16.9. The molecule has 0 saturated carbocycles. The van der Waals surface area contributed by atoms with Crippen molar-refractivity contribution in [3.63, 3.8) is 0 Å². The Morgan fingerprint density at radius 1 is 1.11 bits per heavy atom. The second-order valence-electron chi connectivity index (χ2n) is 4.26. The van der Waals surface area contributed by atoms with E-state index in [1.54, 1.807) is 0 Å². The Bertz CT molecular complexity index is 338. The molecule has 0 atom stereocenters. The van der Waals surface area contributed by atoms with Crippen molar-refractivity contribution in [2.24, 2.45) is 0 Å². The molecule has 2 N–H and O–H groups in total. The van der Waals surface area contributed by atoms with Crippen molar-refractivity contribution in [2.75, 3.05) is 19.6 Å². The minimum absolute atomic E-state index is 0. The topological polar surface area (TPSA) is 41.1 Å². The number of rotatable bonds is 7. The molecular formula is C14H23ClN2O. The van der Waals surface area contributed by atoms with Gasteiger partial charge in [0.25, 0.3) is 0 Å². The van der Waals surface area contributed by atoms with Crippen LogP contribution < -0.4 is 10.6 Å². The van der Waals surface area contributed by atoms with Gasteiger partial charge in [0, 0.05) is 13.1 Å². The van der Waals surface area contributed by atoms with Crippen LogP contribution in [0.2, 0.25) is 0 Å². The Hall–Kier alpha value is -1.06. The van der Waals surface area contributed by atoms with Gasteiger partial charge in [-0.25, -0.2) is 0 Å². The molecule has 0 spiro atoms. The van der Waals surface area contributed by atoms with Crippen molar-refractivity contribution in [1.29, 1.82) is 0 Å². The van der Waals surface area contributed by atoms with Gasteiger partial charge in [-0.2, -0.15) is 0 Å². The monoisotopic (exact) mass is 270 g/mol. The van der Waals surface area contributed by atoms with Crippen LogP contribution in [0.5, 0.6) is 0 Å². The van der Waals surface area contributed by atoms with Crippen LogP contribution in [-0.4, -0.2) is 25.5 Å². The first-order valence-corrected chi connectivity index (χ1v) is 6.25. The summed E-state index contributed by atoms with van der Waals surface area (Å²) in [7, 11) is 0. The Balaban J connectivity index is 0.00000289. The molecule has 0 aromatic heterocycles. The maximum Gasteiger partial charge on any atom is 0.224 e. The summed E-state index contributed by atoms with van der Waals surface area (Å²) in [5.41, 5.74) is 2.28. The van der Waals surface area contributed by atoms with Crippen LogP contribution in [0.3, 0.4) is 0 Å². The summed E-state index contributed by atoms with van der Waals surface area (Å²) in [5.74, 6) is 0.0900. The number of aryl methyl sites for hydroxylation is 1. The second-order valence-corrected chi connectivity index (χ2v) is 4.26. The van der Waals surface area contributed by atoms with Crippen molar-refractivity contribution < 1.29 is 4.79 Å². The summed E-state index contributed by atoms with van der Waals surface area (Å²) in [6.07, 6.45) is 1.59. The molecule has 102 valence electrons. The van der Waals surface area contributed by atoms with Gasteiger partial charge in [0.05, 0.1) is 6.42 Å². The number of benzene rings is 1. The minimum Gasteiger partial charge on any atom is -0.355 e. The zero-order chi connectivity index (χ0) is 12.5. The predicted octanol–water partition coefficient (Wildman–Crippen LogP) is 2.08. The number of amides is 1. The van der Waals surface area contributed by atoms with Gasteiger partial charge in [0.1, 0.15) is 0 Å². The van der Waals surface area contributed by atoms with Crippen LogP contribution in [0.1, 0.15) is 24.5 Å². The Morgan fingerprint density at radius 2 is 1.78 bits per heavy atom. The van der Waals surface area contributed by atoms with E-state index in [0.717, 1.165) is 25.1 Å². The largest absolute Gasteiger partial charge is 0.355 e. The lowest BCUT2D eigenvalue weighted by Gasteiger charge is -2.06. The number of hydrogen-bond acceptors (Lipinski definition) is 2. The second kappa shape index (κ2) is 9.92. The summed E-state index contributed by atoms with van der Waals surface area (Å²) < 4.78 is 0. The lowest BCUT2D eigenvalue weighted by Crippen LogP contribution is -2.32. The van der Waals surface area contributed by atoms with E-state index in [1.807, 2.05) is 31.2 Å². The minimum atomic E-state index is 0. The average Bonchev–Trinajstić information content (AvgIpc) is 2.32. The van der Waals surface area contributed by atoms with Gasteiger partial charge in [-0.15, -0.1) is 12.4 Å². The fraction of sp³-hybridized carbons (Fsp3) is 0.500. The molecule has 0 saturated heterocycles. The molecule has 4 heteroatoms. The molecule has 3 nitrogen and oxygen atoms in total. The molecule has 0 aliphatic rings. The van der Waals surface area contributed by atoms with E-state index >= 15 is 0 Å². The van der Waals surface area contributed by atoms with Gasteiger partial charge in [0.2, 0.25) is 5.91 Å². The Labute approximate surface area is 116 Å². The number of carbonyl (C=O) groups excluding carboxylic acids is 1. The highest BCUT2D eigenvalue weighted by Gasteiger charge is 2.01. The summed E-state index contributed by atoms with van der Waals surface area (Å²) in [6, 6.07) is 8.07. The van der Waals surface area contributed by atoms with Gasteiger partial charge in [-0.05, 0) is 25.5 Å². The molecule has 0 bridgehead atoms. The van der Waals surface area contributed by atoms with Crippen LogP contribution >= 0.6 is 12.4 Å². The molecule has 0 aliphatic heterocycles. The van der Waals surface area contributed by atoms with E-state index in [4.69, 9.17) is 0 Å². The molecular weight excluding hydrogens is 248 g/mol. The van der Waals surface area contributed by atoms with Crippen LogP contribution in [0, 0.1) is 6.92 Å². The molecule has 0 aliphatic carbocycles. The third-order valence-electron chi connectivity index (χ3n) is 2.54. The summed E-state index contributed by atoms with van der Waals surface area (Å²) in [6.45, 7) is 6.72. The van der Waals surface area contributed by atoms with E-state index in [1.165, 1.54) is 5.56 Å². The van der Waals surface area contributed by atoms with E-state index < -0.39 is 0 Å². The quantitative estimate of drug-likeness (QED) is 0.745. The molecule has 1 amide bonds. The maximum absolute atomic E-state index is 11.6. The normalized spacial score (nSPS) is 9.67. The van der Waals surface area contributed by atoms with Crippen molar-refractivity contribution in [1.82, 2.24) is 10.6 Å². The highest BCUT2D eigenvalue weighted by atomic mass is 35.5. The zero-order valence-electron chi connectivity index (χ0n) is 11.2.